The van der Waals surface area contributed by atoms with Gasteiger partial charge in [0.05, 0.1) is 7.11 Å². The molecule has 0 radical (unpaired) electrons. The summed E-state index contributed by atoms with van der Waals surface area (Å²) in [5, 5.41) is 43.9. The molecule has 0 aliphatic rings. The first-order valence-electron chi connectivity index (χ1n) is 8.59. The van der Waals surface area contributed by atoms with Gasteiger partial charge in [-0.05, 0) is 26.4 Å². The monoisotopic (exact) mass is 364 g/mol. The highest BCUT2D eigenvalue weighted by atomic mass is 16.5. The molecule has 4 atom stereocenters. The maximum Gasteiger partial charge on any atom is 0.337 e. The topological polar surface area (TPSA) is 148 Å². The van der Waals surface area contributed by atoms with E-state index < -0.39 is 36.3 Å². The maximum atomic E-state index is 11.7. The first-order chi connectivity index (χ1) is 11.9. The predicted molar refractivity (Wildman–Crippen MR) is 90.7 cm³/mol. The molecule has 148 valence electrons. The molecule has 0 saturated carbocycles. The molecule has 0 bridgehead atoms. The largest absolute Gasteiger partial charge is 0.467 e. The molecule has 0 aromatic rings. The minimum atomic E-state index is -2.05. The van der Waals surface area contributed by atoms with Gasteiger partial charge in [-0.1, -0.05) is 25.7 Å². The van der Waals surface area contributed by atoms with Crippen LogP contribution in [-0.4, -0.2) is 84.0 Å². The third-order valence-corrected chi connectivity index (χ3v) is 3.86. The van der Waals surface area contributed by atoms with E-state index in [9.17, 15) is 30.0 Å². The number of unbranched alkanes of at least 4 members (excludes halogenated alkanes) is 5. The molecular weight excluding hydrogens is 332 g/mol. The lowest BCUT2D eigenvalue weighted by molar-refractivity contribution is -0.169. The molecule has 0 unspecified atom stereocenters. The number of ether oxygens (including phenoxy) is 1. The molecule has 0 heterocycles. The highest BCUT2D eigenvalue weighted by molar-refractivity contribution is 5.81. The van der Waals surface area contributed by atoms with Crippen molar-refractivity contribution < 1.29 is 34.8 Å². The Morgan fingerprint density at radius 2 is 1.32 bits per heavy atom. The van der Waals surface area contributed by atoms with Gasteiger partial charge in [0.1, 0.15) is 12.2 Å². The SMILES string of the molecule is CNCCCCCCCCNC(=O)[C@@H](O)[C@@H](O)[C@H](O)[C@@H](O)C(=O)OC. The first-order valence-corrected chi connectivity index (χ1v) is 8.59. The van der Waals surface area contributed by atoms with Crippen LogP contribution in [0.15, 0.2) is 0 Å². The van der Waals surface area contributed by atoms with E-state index in [-0.39, 0.29) is 0 Å². The van der Waals surface area contributed by atoms with Crippen molar-refractivity contribution >= 4 is 11.9 Å². The van der Waals surface area contributed by atoms with Crippen molar-refractivity contribution in [3.8, 4) is 0 Å². The average Bonchev–Trinajstić information content (AvgIpc) is 2.63. The Labute approximate surface area is 148 Å². The number of methoxy groups -OCH3 is 1. The minimum absolute atomic E-state index is 0.328. The zero-order valence-corrected chi connectivity index (χ0v) is 15.0. The number of carbonyl (C=O) groups is 2. The van der Waals surface area contributed by atoms with E-state index in [1.165, 1.54) is 0 Å². The number of amides is 1. The third-order valence-electron chi connectivity index (χ3n) is 3.86. The molecule has 0 aromatic heterocycles. The van der Waals surface area contributed by atoms with Crippen molar-refractivity contribution in [3.05, 3.63) is 0 Å². The fourth-order valence-electron chi connectivity index (χ4n) is 2.24. The Balaban J connectivity index is 3.96. The van der Waals surface area contributed by atoms with Crippen LogP contribution in [0, 0.1) is 0 Å². The van der Waals surface area contributed by atoms with Crippen LogP contribution in [0.4, 0.5) is 0 Å². The average molecular weight is 364 g/mol. The first kappa shape index (κ1) is 23.7. The lowest BCUT2D eigenvalue weighted by atomic mass is 10.0. The second-order valence-electron chi connectivity index (χ2n) is 5.91. The number of hydrogen-bond acceptors (Lipinski definition) is 8. The minimum Gasteiger partial charge on any atom is -0.467 e. The molecule has 0 rings (SSSR count). The van der Waals surface area contributed by atoms with Crippen LogP contribution < -0.4 is 10.6 Å². The Morgan fingerprint density at radius 1 is 0.840 bits per heavy atom. The summed E-state index contributed by atoms with van der Waals surface area (Å²) < 4.78 is 4.21. The molecule has 9 heteroatoms. The number of aliphatic hydroxyl groups is 4. The number of carbonyl (C=O) groups excluding carboxylic acids is 2. The van der Waals surface area contributed by atoms with Gasteiger partial charge in [0.25, 0.3) is 5.91 Å². The van der Waals surface area contributed by atoms with Gasteiger partial charge in [0, 0.05) is 6.54 Å². The van der Waals surface area contributed by atoms with E-state index >= 15 is 0 Å². The van der Waals surface area contributed by atoms with E-state index in [2.05, 4.69) is 15.4 Å². The highest BCUT2D eigenvalue weighted by Crippen LogP contribution is 2.08. The van der Waals surface area contributed by atoms with Crippen LogP contribution in [0.2, 0.25) is 0 Å². The second kappa shape index (κ2) is 14.0. The summed E-state index contributed by atoms with van der Waals surface area (Å²) in [6.07, 6.45) is -1.94. The Hall–Kier alpha value is -1.26. The van der Waals surface area contributed by atoms with Gasteiger partial charge in [0.2, 0.25) is 0 Å². The molecule has 0 aromatic carbocycles. The standard InChI is InChI=1S/C16H32N2O7/c1-17-9-7-5-3-4-6-8-10-18-15(23)13(21)11(19)12(20)14(22)16(24)25-2/h11-14,17,19-22H,3-10H2,1-2H3,(H,18,23)/t11-,12-,13-,14+/m0/s1. The predicted octanol–water partition coefficient (Wildman–Crippen LogP) is -1.72. The Kier molecular flexibility index (Phi) is 13.3. The normalized spacial score (nSPS) is 15.9. The summed E-state index contributed by atoms with van der Waals surface area (Å²) in [5.41, 5.74) is 0. The van der Waals surface area contributed by atoms with Gasteiger partial charge < -0.3 is 35.8 Å². The molecule has 1 amide bonds. The molecule has 0 aliphatic carbocycles. The van der Waals surface area contributed by atoms with Gasteiger partial charge in [-0.3, -0.25) is 4.79 Å². The smallest absolute Gasteiger partial charge is 0.337 e. The van der Waals surface area contributed by atoms with Crippen molar-refractivity contribution in [3.63, 3.8) is 0 Å². The zero-order chi connectivity index (χ0) is 19.2. The summed E-state index contributed by atoms with van der Waals surface area (Å²) in [7, 11) is 2.91. The van der Waals surface area contributed by atoms with Crippen molar-refractivity contribution in [1.82, 2.24) is 10.6 Å². The van der Waals surface area contributed by atoms with E-state index in [0.717, 1.165) is 52.2 Å². The third kappa shape index (κ3) is 9.71. The van der Waals surface area contributed by atoms with Gasteiger partial charge in [-0.15, -0.1) is 0 Å². The Bertz CT molecular complexity index is 381. The number of aliphatic hydroxyl groups excluding tert-OH is 4. The van der Waals surface area contributed by atoms with Crippen molar-refractivity contribution in [2.24, 2.45) is 0 Å². The molecule has 0 fully saturated rings. The number of rotatable bonds is 14. The zero-order valence-electron chi connectivity index (χ0n) is 15.0. The fraction of sp³-hybridized carbons (Fsp3) is 0.875. The number of esters is 1. The second-order valence-corrected chi connectivity index (χ2v) is 5.91. The highest BCUT2D eigenvalue weighted by Gasteiger charge is 2.37. The van der Waals surface area contributed by atoms with Crippen LogP contribution in [0.3, 0.4) is 0 Å². The summed E-state index contributed by atoms with van der Waals surface area (Å²) in [4.78, 5) is 22.8. The van der Waals surface area contributed by atoms with Crippen LogP contribution >= 0.6 is 0 Å². The summed E-state index contributed by atoms with van der Waals surface area (Å²) in [5.74, 6) is -2.05. The van der Waals surface area contributed by atoms with Crippen LogP contribution in [-0.2, 0) is 14.3 Å². The number of hydrogen-bond donors (Lipinski definition) is 6. The van der Waals surface area contributed by atoms with Crippen molar-refractivity contribution in [2.75, 3.05) is 27.2 Å². The lowest BCUT2D eigenvalue weighted by Crippen LogP contribution is -2.52. The summed E-state index contributed by atoms with van der Waals surface area (Å²) >= 11 is 0. The molecule has 6 N–H and O–H groups in total. The van der Waals surface area contributed by atoms with Crippen molar-refractivity contribution in [1.29, 1.82) is 0 Å². The molecular formula is C16H32N2O7. The quantitative estimate of drug-likeness (QED) is 0.157. The summed E-state index contributed by atoms with van der Waals surface area (Å²) in [6.45, 7) is 1.33. The van der Waals surface area contributed by atoms with E-state index in [4.69, 9.17) is 0 Å². The summed E-state index contributed by atoms with van der Waals surface area (Å²) in [6, 6.07) is 0. The van der Waals surface area contributed by atoms with Gasteiger partial charge in [-0.25, -0.2) is 4.79 Å². The van der Waals surface area contributed by atoms with Crippen molar-refractivity contribution in [2.45, 2.75) is 62.9 Å². The van der Waals surface area contributed by atoms with E-state index in [0.29, 0.717) is 6.54 Å². The van der Waals surface area contributed by atoms with Gasteiger partial charge in [0.15, 0.2) is 12.2 Å². The maximum absolute atomic E-state index is 11.7. The molecule has 9 nitrogen and oxygen atoms in total. The number of nitrogens with one attached hydrogen (secondary N) is 2. The van der Waals surface area contributed by atoms with Gasteiger partial charge in [-0.2, -0.15) is 0 Å². The molecule has 0 saturated heterocycles. The molecule has 25 heavy (non-hydrogen) atoms. The Morgan fingerprint density at radius 3 is 1.84 bits per heavy atom. The van der Waals surface area contributed by atoms with E-state index in [1.54, 1.807) is 0 Å². The van der Waals surface area contributed by atoms with E-state index in [1.807, 2.05) is 7.05 Å². The fourth-order valence-corrected chi connectivity index (χ4v) is 2.24. The molecule has 0 aliphatic heterocycles. The van der Waals surface area contributed by atoms with Gasteiger partial charge >= 0.3 is 5.97 Å². The lowest BCUT2D eigenvalue weighted by Gasteiger charge is -2.24. The van der Waals surface area contributed by atoms with Crippen LogP contribution in [0.5, 0.6) is 0 Å². The van der Waals surface area contributed by atoms with Crippen LogP contribution in [0.1, 0.15) is 38.5 Å². The molecule has 0 spiro atoms. The van der Waals surface area contributed by atoms with Crippen LogP contribution in [0.25, 0.3) is 0 Å².